The number of aromatic amines is 1. The lowest BCUT2D eigenvalue weighted by Crippen LogP contribution is -2.05. The number of pyridine rings is 1. The molecule has 27 heavy (non-hydrogen) atoms. The lowest BCUT2D eigenvalue weighted by Gasteiger charge is -2.14. The summed E-state index contributed by atoms with van der Waals surface area (Å²) in [6.07, 6.45) is 2.00. The molecule has 0 saturated heterocycles. The minimum atomic E-state index is -0.0750. The molecule has 0 radical (unpaired) electrons. The molecule has 0 bridgehead atoms. The predicted octanol–water partition coefficient (Wildman–Crippen LogP) is 5.01. The molecule has 0 unspecified atom stereocenters. The van der Waals surface area contributed by atoms with Crippen LogP contribution in [0.3, 0.4) is 0 Å². The van der Waals surface area contributed by atoms with Crippen LogP contribution in [0.2, 0.25) is 0 Å². The summed E-state index contributed by atoms with van der Waals surface area (Å²) in [6.45, 7) is 0. The number of ketones is 1. The third-order valence-corrected chi connectivity index (χ3v) is 6.10. The van der Waals surface area contributed by atoms with Crippen molar-refractivity contribution in [3.8, 4) is 16.9 Å². The van der Waals surface area contributed by atoms with Crippen molar-refractivity contribution >= 4 is 38.1 Å². The number of H-pyrrole nitrogens is 1. The van der Waals surface area contributed by atoms with Gasteiger partial charge in [-0.25, -0.2) is 0 Å². The van der Waals surface area contributed by atoms with E-state index in [-0.39, 0.29) is 17.3 Å². The van der Waals surface area contributed by atoms with Crippen molar-refractivity contribution < 1.29 is 9.53 Å². The van der Waals surface area contributed by atoms with Crippen LogP contribution in [0, 0.1) is 5.92 Å². The number of hydrogen-bond donors (Lipinski definition) is 1. The Kier molecular flexibility index (Phi) is 3.65. The van der Waals surface area contributed by atoms with Gasteiger partial charge >= 0.3 is 0 Å². The molecule has 1 saturated carbocycles. The highest BCUT2D eigenvalue weighted by atomic mass is 32.1. The number of ether oxygens (including phenoxy) is 1. The number of methoxy groups -OCH3 is 1. The van der Waals surface area contributed by atoms with E-state index in [9.17, 15) is 9.59 Å². The molecule has 1 fully saturated rings. The summed E-state index contributed by atoms with van der Waals surface area (Å²) in [4.78, 5) is 27.6. The zero-order chi connectivity index (χ0) is 18.5. The van der Waals surface area contributed by atoms with Crippen LogP contribution in [-0.2, 0) is 0 Å². The van der Waals surface area contributed by atoms with Gasteiger partial charge in [-0.2, -0.15) is 0 Å². The number of aromatic nitrogens is 1. The first-order valence-corrected chi connectivity index (χ1v) is 9.80. The summed E-state index contributed by atoms with van der Waals surface area (Å²) in [5.41, 5.74) is 3.35. The van der Waals surface area contributed by atoms with Gasteiger partial charge in [0.25, 0.3) is 5.56 Å². The molecule has 4 nitrogen and oxygen atoms in total. The normalized spacial score (nSPS) is 14.0. The van der Waals surface area contributed by atoms with E-state index >= 15 is 0 Å². The zero-order valence-electron chi connectivity index (χ0n) is 14.7. The van der Waals surface area contributed by atoms with Crippen LogP contribution in [0.5, 0.6) is 5.75 Å². The van der Waals surface area contributed by atoms with Crippen LogP contribution in [-0.4, -0.2) is 17.9 Å². The molecular weight excluding hydrogens is 358 g/mol. The Morgan fingerprint density at radius 1 is 1.11 bits per heavy atom. The van der Waals surface area contributed by atoms with Crippen LogP contribution in [0.4, 0.5) is 0 Å². The fourth-order valence-corrected chi connectivity index (χ4v) is 4.46. The average Bonchev–Trinajstić information content (AvgIpc) is 3.43. The van der Waals surface area contributed by atoms with Gasteiger partial charge in [0, 0.05) is 33.3 Å². The molecule has 134 valence electrons. The third-order valence-electron chi connectivity index (χ3n) is 5.18. The maximum atomic E-state index is 12.3. The van der Waals surface area contributed by atoms with Crippen molar-refractivity contribution in [2.75, 3.05) is 7.11 Å². The first kappa shape index (κ1) is 16.3. The fraction of sp³-hybridized carbons (Fsp3) is 0.182. The second-order valence-electron chi connectivity index (χ2n) is 6.90. The van der Waals surface area contributed by atoms with Crippen LogP contribution in [0.15, 0.2) is 52.6 Å². The fourth-order valence-electron chi connectivity index (χ4n) is 3.67. The second-order valence-corrected chi connectivity index (χ2v) is 7.81. The smallest absolute Gasteiger partial charge is 0.266 e. The minimum absolute atomic E-state index is 0.0750. The van der Waals surface area contributed by atoms with Crippen LogP contribution >= 0.6 is 11.3 Å². The molecule has 1 aliphatic rings. The second kappa shape index (κ2) is 6.06. The van der Waals surface area contributed by atoms with Gasteiger partial charge in [-0.05, 0) is 42.0 Å². The van der Waals surface area contributed by atoms with E-state index in [2.05, 4.69) is 4.98 Å². The zero-order valence-corrected chi connectivity index (χ0v) is 15.6. The van der Waals surface area contributed by atoms with Crippen molar-refractivity contribution in [1.29, 1.82) is 0 Å². The number of thiophene rings is 1. The van der Waals surface area contributed by atoms with Crippen molar-refractivity contribution in [3.05, 3.63) is 63.8 Å². The molecule has 0 aliphatic heterocycles. The number of rotatable bonds is 4. The summed E-state index contributed by atoms with van der Waals surface area (Å²) >= 11 is 1.43. The monoisotopic (exact) mass is 375 g/mol. The quantitative estimate of drug-likeness (QED) is 0.510. The van der Waals surface area contributed by atoms with Crippen molar-refractivity contribution in [3.63, 3.8) is 0 Å². The van der Waals surface area contributed by atoms with Gasteiger partial charge in [0.1, 0.15) is 10.4 Å². The lowest BCUT2D eigenvalue weighted by atomic mass is 9.95. The maximum absolute atomic E-state index is 12.3. The van der Waals surface area contributed by atoms with Crippen molar-refractivity contribution in [2.45, 2.75) is 12.8 Å². The number of carbonyl (C=O) groups excluding carboxylic acids is 1. The minimum Gasteiger partial charge on any atom is -0.496 e. The van der Waals surface area contributed by atoms with E-state index in [4.69, 9.17) is 4.74 Å². The molecular formula is C22H17NO3S. The third kappa shape index (κ3) is 2.58. The first-order chi connectivity index (χ1) is 13.2. The summed E-state index contributed by atoms with van der Waals surface area (Å²) in [7, 11) is 1.64. The molecule has 1 aliphatic carbocycles. The highest BCUT2D eigenvalue weighted by Gasteiger charge is 2.30. The van der Waals surface area contributed by atoms with Gasteiger partial charge in [-0.15, -0.1) is 11.3 Å². The van der Waals surface area contributed by atoms with E-state index < -0.39 is 0 Å². The topological polar surface area (TPSA) is 59.2 Å². The molecule has 1 N–H and O–H groups in total. The SMILES string of the molecule is COc1ccc2[nH]c(=O)c3sccc3c2c1-c1ccc(C(=O)C2CC2)cc1. The average molecular weight is 375 g/mol. The summed E-state index contributed by atoms with van der Waals surface area (Å²) in [5.74, 6) is 1.18. The van der Waals surface area contributed by atoms with Gasteiger partial charge in [0.2, 0.25) is 0 Å². The molecule has 5 rings (SSSR count). The number of hydrogen-bond acceptors (Lipinski definition) is 4. The van der Waals surface area contributed by atoms with E-state index in [1.165, 1.54) is 11.3 Å². The van der Waals surface area contributed by atoms with E-state index in [1.807, 2.05) is 47.8 Å². The molecule has 0 amide bonds. The van der Waals surface area contributed by atoms with Gasteiger partial charge in [-0.3, -0.25) is 9.59 Å². The maximum Gasteiger partial charge on any atom is 0.266 e. The largest absolute Gasteiger partial charge is 0.496 e. The van der Waals surface area contributed by atoms with Gasteiger partial charge < -0.3 is 9.72 Å². The number of carbonyl (C=O) groups is 1. The van der Waals surface area contributed by atoms with Gasteiger partial charge in [0.05, 0.1) is 7.11 Å². The highest BCUT2D eigenvalue weighted by molar-refractivity contribution is 7.17. The Balaban J connectivity index is 1.77. The van der Waals surface area contributed by atoms with E-state index in [0.29, 0.717) is 4.70 Å². The first-order valence-electron chi connectivity index (χ1n) is 8.92. The summed E-state index contributed by atoms with van der Waals surface area (Å²) < 4.78 is 6.34. The van der Waals surface area contributed by atoms with Crippen molar-refractivity contribution in [1.82, 2.24) is 4.98 Å². The molecule has 4 aromatic rings. The molecule has 2 heterocycles. The molecule has 2 aromatic carbocycles. The molecule has 0 atom stereocenters. The van der Waals surface area contributed by atoms with Crippen LogP contribution in [0.1, 0.15) is 23.2 Å². The van der Waals surface area contributed by atoms with Crippen LogP contribution in [0.25, 0.3) is 32.1 Å². The Morgan fingerprint density at radius 2 is 1.89 bits per heavy atom. The Morgan fingerprint density at radius 3 is 2.59 bits per heavy atom. The predicted molar refractivity (Wildman–Crippen MR) is 109 cm³/mol. The van der Waals surface area contributed by atoms with E-state index in [0.717, 1.165) is 51.6 Å². The number of nitrogens with one attached hydrogen (secondary N) is 1. The van der Waals surface area contributed by atoms with Gasteiger partial charge in [0.15, 0.2) is 5.78 Å². The molecule has 0 spiro atoms. The Labute approximate surface area is 159 Å². The summed E-state index contributed by atoms with van der Waals surface area (Å²) in [6, 6.07) is 13.4. The molecule has 5 heteroatoms. The highest BCUT2D eigenvalue weighted by Crippen LogP contribution is 2.40. The number of benzene rings is 2. The Bertz CT molecular complexity index is 1250. The summed E-state index contributed by atoms with van der Waals surface area (Å²) in [5, 5.41) is 3.82. The van der Waals surface area contributed by atoms with E-state index in [1.54, 1.807) is 7.11 Å². The number of Topliss-reactive ketones (excluding diaryl/α,β-unsaturated/α-hetero) is 1. The molecule has 2 aromatic heterocycles. The van der Waals surface area contributed by atoms with Crippen LogP contribution < -0.4 is 10.3 Å². The van der Waals surface area contributed by atoms with Gasteiger partial charge in [-0.1, -0.05) is 24.3 Å². The van der Waals surface area contributed by atoms with Crippen molar-refractivity contribution in [2.24, 2.45) is 5.92 Å². The standard InChI is InChI=1S/C22H17NO3S/c1-26-17-9-8-16-19(15-10-11-27-21(15)22(25)23-16)18(17)12-2-4-13(5-3-12)20(24)14-6-7-14/h2-5,8-11,14H,6-7H2,1H3,(H,23,25). The Hall–Kier alpha value is -2.92. The lowest BCUT2D eigenvalue weighted by molar-refractivity contribution is 0.0967. The number of fused-ring (bicyclic) bond motifs is 3.